The molecule has 0 bridgehead atoms. The Balaban J connectivity index is 0.00000312. The molecule has 2 rings (SSSR count). The van der Waals surface area contributed by atoms with Gasteiger partial charge in [0.2, 0.25) is 0 Å². The number of aliphatic imine (C=N–C) groups is 1. The highest BCUT2D eigenvalue weighted by molar-refractivity contribution is 14.0. The zero-order valence-electron chi connectivity index (χ0n) is 15.7. The predicted molar refractivity (Wildman–Crippen MR) is 118 cm³/mol. The van der Waals surface area contributed by atoms with Gasteiger partial charge in [-0.3, -0.25) is 9.89 Å². The van der Waals surface area contributed by atoms with E-state index in [1.807, 2.05) is 18.4 Å². The number of nitrogens with one attached hydrogen (secondary N) is 2. The molecule has 144 valence electrons. The fourth-order valence-electron chi connectivity index (χ4n) is 2.78. The molecule has 1 aromatic rings. The van der Waals surface area contributed by atoms with Gasteiger partial charge < -0.3 is 15.4 Å². The fraction of sp³-hybridized carbons (Fsp3) is 0.722. The van der Waals surface area contributed by atoms with Crippen LogP contribution in [0.5, 0.6) is 0 Å². The van der Waals surface area contributed by atoms with Crippen molar-refractivity contribution in [1.29, 1.82) is 0 Å². The fourth-order valence-corrected chi connectivity index (χ4v) is 3.65. The van der Waals surface area contributed by atoms with Gasteiger partial charge in [0, 0.05) is 51.3 Å². The molecule has 5 nitrogen and oxygen atoms in total. The summed E-state index contributed by atoms with van der Waals surface area (Å²) >= 11 is 1.83. The summed E-state index contributed by atoms with van der Waals surface area (Å²) in [5.74, 6) is 1.49. The molecule has 0 amide bonds. The Morgan fingerprint density at radius 1 is 1.40 bits per heavy atom. The molecule has 0 saturated heterocycles. The van der Waals surface area contributed by atoms with Crippen LogP contribution in [0.25, 0.3) is 0 Å². The van der Waals surface area contributed by atoms with Gasteiger partial charge in [0.1, 0.15) is 0 Å². The molecule has 1 aliphatic rings. The predicted octanol–water partition coefficient (Wildman–Crippen LogP) is 2.82. The number of nitrogens with zero attached hydrogens (tertiary/aromatic N) is 2. The lowest BCUT2D eigenvalue weighted by Gasteiger charge is -2.22. The Hall–Kier alpha value is -0.380. The van der Waals surface area contributed by atoms with Gasteiger partial charge >= 0.3 is 0 Å². The lowest BCUT2D eigenvalue weighted by Crippen LogP contribution is -2.44. The molecule has 1 atom stereocenters. The first-order valence-corrected chi connectivity index (χ1v) is 9.80. The lowest BCUT2D eigenvalue weighted by molar-refractivity contribution is 0.144. The number of rotatable bonds is 11. The second kappa shape index (κ2) is 12.9. The van der Waals surface area contributed by atoms with E-state index in [0.717, 1.165) is 51.2 Å². The molecule has 0 aromatic carbocycles. The van der Waals surface area contributed by atoms with E-state index < -0.39 is 0 Å². The van der Waals surface area contributed by atoms with Crippen molar-refractivity contribution in [3.63, 3.8) is 0 Å². The SMILES string of the molecule is CN=C(NCCN(CCOC)C1CC1)NCC(C)Cc1cccs1.I. The van der Waals surface area contributed by atoms with E-state index in [9.17, 15) is 0 Å². The third kappa shape index (κ3) is 9.21. The largest absolute Gasteiger partial charge is 0.383 e. The summed E-state index contributed by atoms with van der Waals surface area (Å²) < 4.78 is 5.21. The molecule has 2 N–H and O–H groups in total. The molecule has 1 unspecified atom stereocenters. The number of methoxy groups -OCH3 is 1. The van der Waals surface area contributed by atoms with Crippen molar-refractivity contribution in [2.24, 2.45) is 10.9 Å². The average Bonchev–Trinajstić information content (AvgIpc) is 3.31. The van der Waals surface area contributed by atoms with Crippen LogP contribution in [-0.4, -0.2) is 63.8 Å². The minimum absolute atomic E-state index is 0. The van der Waals surface area contributed by atoms with Crippen molar-refractivity contribution >= 4 is 41.3 Å². The summed E-state index contributed by atoms with van der Waals surface area (Å²) in [7, 11) is 3.61. The summed E-state index contributed by atoms with van der Waals surface area (Å²) in [6.07, 6.45) is 3.78. The quantitative estimate of drug-likeness (QED) is 0.291. The van der Waals surface area contributed by atoms with E-state index in [1.54, 1.807) is 7.11 Å². The second-order valence-corrected chi connectivity index (χ2v) is 7.56. The molecular formula is C18H33IN4OS. The van der Waals surface area contributed by atoms with Gasteiger partial charge in [-0.1, -0.05) is 13.0 Å². The van der Waals surface area contributed by atoms with Gasteiger partial charge in [0.15, 0.2) is 5.96 Å². The first kappa shape index (κ1) is 22.7. The number of ether oxygens (including phenoxy) is 1. The molecule has 0 aliphatic heterocycles. The van der Waals surface area contributed by atoms with Crippen molar-refractivity contribution in [2.75, 3.05) is 46.9 Å². The highest BCUT2D eigenvalue weighted by atomic mass is 127. The van der Waals surface area contributed by atoms with Crippen LogP contribution in [0.4, 0.5) is 0 Å². The van der Waals surface area contributed by atoms with Crippen molar-refractivity contribution in [3.8, 4) is 0 Å². The van der Waals surface area contributed by atoms with E-state index in [4.69, 9.17) is 4.74 Å². The van der Waals surface area contributed by atoms with Crippen LogP contribution in [0.2, 0.25) is 0 Å². The Labute approximate surface area is 173 Å². The maximum Gasteiger partial charge on any atom is 0.191 e. The maximum absolute atomic E-state index is 5.21. The van der Waals surface area contributed by atoms with Crippen molar-refractivity contribution < 1.29 is 4.74 Å². The molecular weight excluding hydrogens is 447 g/mol. The zero-order valence-corrected chi connectivity index (χ0v) is 18.8. The Morgan fingerprint density at radius 2 is 2.20 bits per heavy atom. The smallest absolute Gasteiger partial charge is 0.191 e. The van der Waals surface area contributed by atoms with Gasteiger partial charge in [0.25, 0.3) is 0 Å². The van der Waals surface area contributed by atoms with Crippen molar-refractivity contribution in [2.45, 2.75) is 32.2 Å². The van der Waals surface area contributed by atoms with Gasteiger partial charge in [0.05, 0.1) is 6.61 Å². The summed E-state index contributed by atoms with van der Waals surface area (Å²) in [6, 6.07) is 5.10. The molecule has 0 radical (unpaired) electrons. The van der Waals surface area contributed by atoms with Gasteiger partial charge in [-0.15, -0.1) is 35.3 Å². The maximum atomic E-state index is 5.21. The van der Waals surface area contributed by atoms with Crippen LogP contribution in [0, 0.1) is 5.92 Å². The summed E-state index contributed by atoms with van der Waals surface area (Å²) in [6.45, 7) is 7.00. The Morgan fingerprint density at radius 3 is 2.80 bits per heavy atom. The Bertz CT molecular complexity index is 479. The summed E-state index contributed by atoms with van der Waals surface area (Å²) in [5, 5.41) is 9.02. The third-order valence-corrected chi connectivity index (χ3v) is 5.21. The molecule has 0 spiro atoms. The van der Waals surface area contributed by atoms with Gasteiger partial charge in [-0.05, 0) is 36.6 Å². The van der Waals surface area contributed by atoms with Crippen LogP contribution in [0.3, 0.4) is 0 Å². The third-order valence-electron chi connectivity index (χ3n) is 4.31. The van der Waals surface area contributed by atoms with E-state index >= 15 is 0 Å². The van der Waals surface area contributed by atoms with E-state index in [2.05, 4.69) is 45.0 Å². The molecule has 1 aliphatic carbocycles. The molecule has 25 heavy (non-hydrogen) atoms. The van der Waals surface area contributed by atoms with Crippen LogP contribution in [0.1, 0.15) is 24.6 Å². The van der Waals surface area contributed by atoms with Crippen LogP contribution < -0.4 is 10.6 Å². The van der Waals surface area contributed by atoms with E-state index in [0.29, 0.717) is 5.92 Å². The normalized spacial score (nSPS) is 15.8. The minimum atomic E-state index is 0. The van der Waals surface area contributed by atoms with Crippen LogP contribution in [-0.2, 0) is 11.2 Å². The van der Waals surface area contributed by atoms with Gasteiger partial charge in [-0.25, -0.2) is 0 Å². The first-order valence-electron chi connectivity index (χ1n) is 8.92. The van der Waals surface area contributed by atoms with E-state index in [1.165, 1.54) is 17.7 Å². The van der Waals surface area contributed by atoms with Crippen LogP contribution >= 0.6 is 35.3 Å². The number of thiophene rings is 1. The number of halogens is 1. The number of hydrogen-bond donors (Lipinski definition) is 2. The second-order valence-electron chi connectivity index (χ2n) is 6.53. The molecule has 1 saturated carbocycles. The minimum Gasteiger partial charge on any atom is -0.383 e. The van der Waals surface area contributed by atoms with Crippen LogP contribution in [0.15, 0.2) is 22.5 Å². The highest BCUT2D eigenvalue weighted by Crippen LogP contribution is 2.25. The topological polar surface area (TPSA) is 48.9 Å². The number of hydrogen-bond acceptors (Lipinski definition) is 4. The Kier molecular flexibility index (Phi) is 11.7. The molecule has 7 heteroatoms. The zero-order chi connectivity index (χ0) is 17.2. The van der Waals surface area contributed by atoms with E-state index in [-0.39, 0.29) is 24.0 Å². The standard InChI is InChI=1S/C18H32N4OS.HI/c1-15(13-17-5-4-12-24-17)14-21-18(19-2)20-8-9-22(10-11-23-3)16-6-7-16;/h4-5,12,15-16H,6-11,13-14H2,1-3H3,(H2,19,20,21);1H. The summed E-state index contributed by atoms with van der Waals surface area (Å²) in [5.41, 5.74) is 0. The molecule has 1 heterocycles. The first-order chi connectivity index (χ1) is 11.7. The molecule has 1 aromatic heterocycles. The average molecular weight is 480 g/mol. The molecule has 1 fully saturated rings. The highest BCUT2D eigenvalue weighted by Gasteiger charge is 2.28. The monoisotopic (exact) mass is 480 g/mol. The summed E-state index contributed by atoms with van der Waals surface area (Å²) in [4.78, 5) is 8.30. The van der Waals surface area contributed by atoms with Crippen molar-refractivity contribution in [3.05, 3.63) is 22.4 Å². The van der Waals surface area contributed by atoms with Gasteiger partial charge in [-0.2, -0.15) is 0 Å². The number of guanidine groups is 1. The lowest BCUT2D eigenvalue weighted by atomic mass is 10.1. The van der Waals surface area contributed by atoms with Crippen molar-refractivity contribution in [1.82, 2.24) is 15.5 Å².